The van der Waals surface area contributed by atoms with Crippen LogP contribution >= 0.6 is 12.2 Å². The molecule has 2 aromatic heterocycles. The summed E-state index contributed by atoms with van der Waals surface area (Å²) < 4.78 is 0. The number of benzene rings is 1. The Bertz CT molecular complexity index is 973. The summed E-state index contributed by atoms with van der Waals surface area (Å²) in [5.74, 6) is 0. The molecule has 4 rings (SSSR count). The molecule has 0 bridgehead atoms. The third-order valence-electron chi connectivity index (χ3n) is 5.09. The second kappa shape index (κ2) is 6.82. The van der Waals surface area contributed by atoms with Crippen molar-refractivity contribution in [2.75, 3.05) is 4.90 Å². The van der Waals surface area contributed by atoms with Crippen LogP contribution in [-0.4, -0.2) is 15.1 Å². The average molecular weight is 377 g/mol. The Morgan fingerprint density at radius 2 is 1.74 bits per heavy atom. The highest BCUT2D eigenvalue weighted by molar-refractivity contribution is 7.80. The quantitative estimate of drug-likeness (QED) is 0.643. The standard InChI is InChI=1S/C22H24N4S/c1-13-9-14(2)11-17(10-13)26-21(18-12-15(3)24-16(18)4)20(25-22(26)27)19-7-5-6-8-23-19/h5-12,20-21,24H,1-4H3,(H,25,27)/t20-,21-/m0/s1. The molecular weight excluding hydrogens is 352 g/mol. The lowest BCUT2D eigenvalue weighted by molar-refractivity contribution is 0.566. The molecule has 0 spiro atoms. The minimum Gasteiger partial charge on any atom is -0.362 e. The van der Waals surface area contributed by atoms with Crippen LogP contribution in [0.4, 0.5) is 5.69 Å². The molecule has 1 fully saturated rings. The molecule has 1 aromatic carbocycles. The first-order valence-electron chi connectivity index (χ1n) is 9.19. The highest BCUT2D eigenvalue weighted by Crippen LogP contribution is 2.43. The van der Waals surface area contributed by atoms with Gasteiger partial charge in [0.1, 0.15) is 0 Å². The van der Waals surface area contributed by atoms with Crippen molar-refractivity contribution in [3.05, 3.63) is 82.4 Å². The number of aryl methyl sites for hydroxylation is 4. The number of rotatable bonds is 3. The lowest BCUT2D eigenvalue weighted by Crippen LogP contribution is -2.29. The summed E-state index contributed by atoms with van der Waals surface area (Å²) in [6.45, 7) is 8.47. The summed E-state index contributed by atoms with van der Waals surface area (Å²) in [4.78, 5) is 10.3. The van der Waals surface area contributed by atoms with Crippen molar-refractivity contribution >= 4 is 23.0 Å². The monoisotopic (exact) mass is 376 g/mol. The minimum absolute atomic E-state index is 0.00609. The van der Waals surface area contributed by atoms with Crippen molar-refractivity contribution in [2.45, 2.75) is 39.8 Å². The van der Waals surface area contributed by atoms with Crippen molar-refractivity contribution in [3.8, 4) is 0 Å². The molecule has 27 heavy (non-hydrogen) atoms. The van der Waals surface area contributed by atoms with E-state index in [2.05, 4.69) is 78.2 Å². The minimum atomic E-state index is -0.00609. The number of pyridine rings is 1. The van der Waals surface area contributed by atoms with Crippen LogP contribution in [0.2, 0.25) is 0 Å². The van der Waals surface area contributed by atoms with Gasteiger partial charge in [-0.2, -0.15) is 0 Å². The van der Waals surface area contributed by atoms with Crippen LogP contribution in [0, 0.1) is 27.7 Å². The summed E-state index contributed by atoms with van der Waals surface area (Å²) >= 11 is 5.79. The van der Waals surface area contributed by atoms with Crippen LogP contribution in [0.3, 0.4) is 0 Å². The van der Waals surface area contributed by atoms with E-state index in [0.717, 1.165) is 22.2 Å². The van der Waals surface area contributed by atoms with Gasteiger partial charge in [0.05, 0.1) is 17.8 Å². The Morgan fingerprint density at radius 3 is 2.33 bits per heavy atom. The van der Waals surface area contributed by atoms with E-state index in [1.165, 1.54) is 22.4 Å². The summed E-state index contributed by atoms with van der Waals surface area (Å²) in [6.07, 6.45) is 1.84. The van der Waals surface area contributed by atoms with E-state index in [-0.39, 0.29) is 12.1 Å². The van der Waals surface area contributed by atoms with Gasteiger partial charge in [-0.05, 0) is 86.9 Å². The largest absolute Gasteiger partial charge is 0.362 e. The predicted octanol–water partition coefficient (Wildman–Crippen LogP) is 4.82. The zero-order valence-corrected chi connectivity index (χ0v) is 16.9. The van der Waals surface area contributed by atoms with E-state index in [9.17, 15) is 0 Å². The summed E-state index contributed by atoms with van der Waals surface area (Å²) in [5, 5.41) is 4.26. The highest BCUT2D eigenvalue weighted by atomic mass is 32.1. The molecule has 1 aliphatic rings. The van der Waals surface area contributed by atoms with E-state index in [4.69, 9.17) is 12.2 Å². The molecule has 2 N–H and O–H groups in total. The van der Waals surface area contributed by atoms with Gasteiger partial charge in [0.2, 0.25) is 0 Å². The summed E-state index contributed by atoms with van der Waals surface area (Å²) in [5.41, 5.74) is 8.14. The number of thiocarbonyl (C=S) groups is 1. The van der Waals surface area contributed by atoms with Gasteiger partial charge < -0.3 is 15.2 Å². The van der Waals surface area contributed by atoms with Gasteiger partial charge in [-0.25, -0.2) is 0 Å². The second-order valence-corrected chi connectivity index (χ2v) is 7.76. The number of nitrogens with zero attached hydrogens (tertiary/aromatic N) is 2. The Labute approximate surface area is 165 Å². The van der Waals surface area contributed by atoms with Crippen molar-refractivity contribution in [2.24, 2.45) is 0 Å². The summed E-state index contributed by atoms with van der Waals surface area (Å²) in [7, 11) is 0. The topological polar surface area (TPSA) is 44.0 Å². The van der Waals surface area contributed by atoms with Crippen LogP contribution < -0.4 is 10.2 Å². The van der Waals surface area contributed by atoms with Crippen LogP contribution in [0.25, 0.3) is 0 Å². The molecule has 4 nitrogen and oxygen atoms in total. The lowest BCUT2D eigenvalue weighted by Gasteiger charge is -2.28. The first-order chi connectivity index (χ1) is 12.9. The van der Waals surface area contributed by atoms with Gasteiger partial charge >= 0.3 is 0 Å². The molecule has 0 aliphatic carbocycles. The first kappa shape index (κ1) is 17.7. The lowest BCUT2D eigenvalue weighted by atomic mass is 9.96. The molecule has 3 aromatic rings. The molecule has 0 radical (unpaired) electrons. The van der Waals surface area contributed by atoms with Crippen LogP contribution in [0.5, 0.6) is 0 Å². The number of anilines is 1. The number of nitrogens with one attached hydrogen (secondary N) is 2. The molecule has 1 saturated heterocycles. The maximum atomic E-state index is 5.79. The predicted molar refractivity (Wildman–Crippen MR) is 114 cm³/mol. The average Bonchev–Trinajstić information content (AvgIpc) is 3.13. The molecule has 2 atom stereocenters. The van der Waals surface area contributed by atoms with Crippen LogP contribution in [-0.2, 0) is 0 Å². The van der Waals surface area contributed by atoms with E-state index in [1.807, 2.05) is 18.3 Å². The Morgan fingerprint density at radius 1 is 1.00 bits per heavy atom. The fraction of sp³-hybridized carbons (Fsp3) is 0.273. The number of H-pyrrole nitrogens is 1. The van der Waals surface area contributed by atoms with Crippen molar-refractivity contribution in [1.82, 2.24) is 15.3 Å². The molecule has 0 unspecified atom stereocenters. The number of hydrogen-bond acceptors (Lipinski definition) is 2. The fourth-order valence-corrected chi connectivity index (χ4v) is 4.44. The Balaban J connectivity index is 1.88. The zero-order chi connectivity index (χ0) is 19.1. The number of aromatic amines is 1. The Kier molecular flexibility index (Phi) is 4.48. The molecule has 1 aliphatic heterocycles. The van der Waals surface area contributed by atoms with Crippen LogP contribution in [0.1, 0.15) is 45.9 Å². The number of aromatic nitrogens is 2. The fourth-order valence-electron chi connectivity index (χ4n) is 4.09. The van der Waals surface area contributed by atoms with E-state index >= 15 is 0 Å². The zero-order valence-electron chi connectivity index (χ0n) is 16.1. The first-order valence-corrected chi connectivity index (χ1v) is 9.60. The third-order valence-corrected chi connectivity index (χ3v) is 5.41. The SMILES string of the molecule is Cc1cc(C)cc(N2C(=S)N[C@@H](c3ccccn3)[C@@H]2c2cc(C)[nH]c2C)c1. The molecule has 0 saturated carbocycles. The molecule has 3 heterocycles. The van der Waals surface area contributed by atoms with E-state index in [1.54, 1.807) is 0 Å². The maximum Gasteiger partial charge on any atom is 0.174 e. The van der Waals surface area contributed by atoms with Gasteiger partial charge in [0.15, 0.2) is 5.11 Å². The smallest absolute Gasteiger partial charge is 0.174 e. The van der Waals surface area contributed by atoms with Gasteiger partial charge in [-0.1, -0.05) is 12.1 Å². The van der Waals surface area contributed by atoms with Gasteiger partial charge in [-0.15, -0.1) is 0 Å². The molecule has 0 amide bonds. The summed E-state index contributed by atoms with van der Waals surface area (Å²) in [6, 6.07) is 14.9. The highest BCUT2D eigenvalue weighted by Gasteiger charge is 2.41. The molecular formula is C22H24N4S. The third kappa shape index (κ3) is 3.23. The normalized spacial score (nSPS) is 19.4. The van der Waals surface area contributed by atoms with Crippen molar-refractivity contribution in [1.29, 1.82) is 0 Å². The van der Waals surface area contributed by atoms with E-state index in [0.29, 0.717) is 0 Å². The van der Waals surface area contributed by atoms with Crippen molar-refractivity contribution < 1.29 is 0 Å². The van der Waals surface area contributed by atoms with Gasteiger partial charge in [0.25, 0.3) is 0 Å². The van der Waals surface area contributed by atoms with Gasteiger partial charge in [-0.3, -0.25) is 4.98 Å². The maximum absolute atomic E-state index is 5.79. The Hall–Kier alpha value is -2.66. The number of hydrogen-bond donors (Lipinski definition) is 2. The molecule has 138 valence electrons. The van der Waals surface area contributed by atoms with Gasteiger partial charge in [0, 0.05) is 23.3 Å². The molecule has 5 heteroatoms. The van der Waals surface area contributed by atoms with Crippen molar-refractivity contribution in [3.63, 3.8) is 0 Å². The second-order valence-electron chi connectivity index (χ2n) is 7.38. The van der Waals surface area contributed by atoms with Crippen LogP contribution in [0.15, 0.2) is 48.7 Å². The van der Waals surface area contributed by atoms with E-state index < -0.39 is 0 Å².